The minimum atomic E-state index is -0.576. The molecule has 0 unspecified atom stereocenters. The summed E-state index contributed by atoms with van der Waals surface area (Å²) < 4.78 is 15.3. The number of fused-ring (bicyclic) bond motifs is 1. The summed E-state index contributed by atoms with van der Waals surface area (Å²) in [4.78, 5) is 33.1. The fourth-order valence-electron chi connectivity index (χ4n) is 3.62. The van der Waals surface area contributed by atoms with Crippen LogP contribution in [0, 0.1) is 11.3 Å². The van der Waals surface area contributed by atoms with Gasteiger partial charge in [0.25, 0.3) is 5.56 Å². The molecule has 11 nitrogen and oxygen atoms in total. The molecule has 0 radical (unpaired) electrons. The van der Waals surface area contributed by atoms with Gasteiger partial charge < -0.3 is 13.7 Å². The standard InChI is InChI=1S/C20H17N7O4/c1-25-10-22-18-17(25)19(28)26(11-23-18)9-16-24-27(20(29)31-16)13-6-15(7-13)30-14-4-2-3-12(5-14)8-21/h2-5,10-11,13,15H,6-7,9H2,1H3/t13-,15-. The Hall–Kier alpha value is -4.20. The van der Waals surface area contributed by atoms with Gasteiger partial charge in [-0.15, -0.1) is 5.10 Å². The third kappa shape index (κ3) is 3.38. The molecule has 0 spiro atoms. The second-order valence-electron chi connectivity index (χ2n) is 7.42. The van der Waals surface area contributed by atoms with E-state index in [4.69, 9.17) is 14.4 Å². The summed E-state index contributed by atoms with van der Waals surface area (Å²) in [5.41, 5.74) is 0.957. The number of nitriles is 1. The summed E-state index contributed by atoms with van der Waals surface area (Å²) in [6, 6.07) is 8.87. The van der Waals surface area contributed by atoms with Crippen molar-refractivity contribution in [1.82, 2.24) is 28.9 Å². The van der Waals surface area contributed by atoms with Crippen LogP contribution in [0.4, 0.5) is 0 Å². The number of benzene rings is 1. The Morgan fingerprint density at radius 2 is 2.06 bits per heavy atom. The van der Waals surface area contributed by atoms with E-state index in [0.717, 1.165) is 0 Å². The normalized spacial score (nSPS) is 17.9. The van der Waals surface area contributed by atoms with Gasteiger partial charge in [0.2, 0.25) is 5.89 Å². The van der Waals surface area contributed by atoms with E-state index in [-0.39, 0.29) is 30.1 Å². The van der Waals surface area contributed by atoms with Crippen molar-refractivity contribution in [3.8, 4) is 11.8 Å². The number of imidazole rings is 1. The van der Waals surface area contributed by atoms with E-state index in [2.05, 4.69) is 21.1 Å². The van der Waals surface area contributed by atoms with E-state index in [0.29, 0.717) is 35.3 Å². The van der Waals surface area contributed by atoms with Crippen molar-refractivity contribution >= 4 is 11.2 Å². The molecule has 0 atom stereocenters. The van der Waals surface area contributed by atoms with Crippen LogP contribution in [-0.4, -0.2) is 35.0 Å². The summed E-state index contributed by atoms with van der Waals surface area (Å²) in [6.45, 7) is -0.0111. The maximum Gasteiger partial charge on any atom is 0.437 e. The predicted octanol–water partition coefficient (Wildman–Crippen LogP) is 0.982. The quantitative estimate of drug-likeness (QED) is 0.467. The molecule has 0 bridgehead atoms. The molecule has 4 aromatic rings. The molecule has 1 aromatic carbocycles. The zero-order valence-electron chi connectivity index (χ0n) is 16.5. The van der Waals surface area contributed by atoms with Crippen molar-refractivity contribution in [1.29, 1.82) is 5.26 Å². The average molecular weight is 419 g/mol. The summed E-state index contributed by atoms with van der Waals surface area (Å²) in [5, 5.41) is 13.2. The number of aromatic nitrogens is 6. The van der Waals surface area contributed by atoms with Crippen LogP contribution in [-0.2, 0) is 13.6 Å². The van der Waals surface area contributed by atoms with Gasteiger partial charge in [-0.3, -0.25) is 9.36 Å². The lowest BCUT2D eigenvalue weighted by Crippen LogP contribution is -2.39. The third-order valence-electron chi connectivity index (χ3n) is 5.30. The number of hydrogen-bond donors (Lipinski definition) is 0. The largest absolute Gasteiger partial charge is 0.490 e. The van der Waals surface area contributed by atoms with Gasteiger partial charge in [0.15, 0.2) is 11.2 Å². The number of nitrogens with zero attached hydrogens (tertiary/aromatic N) is 7. The monoisotopic (exact) mass is 419 g/mol. The molecule has 156 valence electrons. The lowest BCUT2D eigenvalue weighted by Gasteiger charge is -2.34. The van der Waals surface area contributed by atoms with Gasteiger partial charge in [-0.1, -0.05) is 6.07 Å². The number of aryl methyl sites for hydroxylation is 1. The van der Waals surface area contributed by atoms with Gasteiger partial charge in [-0.25, -0.2) is 14.8 Å². The molecule has 0 aliphatic heterocycles. The third-order valence-corrected chi connectivity index (χ3v) is 5.30. The second kappa shape index (κ2) is 7.24. The van der Waals surface area contributed by atoms with Crippen molar-refractivity contribution in [2.45, 2.75) is 31.5 Å². The maximum absolute atomic E-state index is 12.6. The molecule has 1 saturated carbocycles. The van der Waals surface area contributed by atoms with Crippen molar-refractivity contribution in [2.24, 2.45) is 7.05 Å². The van der Waals surface area contributed by atoms with Crippen molar-refractivity contribution < 1.29 is 9.15 Å². The van der Waals surface area contributed by atoms with Crippen LogP contribution in [0.15, 0.2) is 50.9 Å². The highest BCUT2D eigenvalue weighted by Gasteiger charge is 2.35. The van der Waals surface area contributed by atoms with Gasteiger partial charge in [0.05, 0.1) is 24.0 Å². The van der Waals surface area contributed by atoms with Crippen molar-refractivity contribution in [3.05, 3.63) is 69.3 Å². The zero-order valence-corrected chi connectivity index (χ0v) is 16.5. The Morgan fingerprint density at radius 1 is 1.26 bits per heavy atom. The number of rotatable bonds is 5. The van der Waals surface area contributed by atoms with Crippen LogP contribution < -0.4 is 16.1 Å². The zero-order chi connectivity index (χ0) is 21.5. The topological polar surface area (TPSA) is 134 Å². The highest BCUT2D eigenvalue weighted by atomic mass is 16.5. The fourth-order valence-corrected chi connectivity index (χ4v) is 3.62. The van der Waals surface area contributed by atoms with E-state index in [1.807, 2.05) is 0 Å². The highest BCUT2D eigenvalue weighted by Crippen LogP contribution is 2.34. The summed E-state index contributed by atoms with van der Waals surface area (Å²) in [5.74, 6) is 0.169. The molecular weight excluding hydrogens is 402 g/mol. The fraction of sp³-hybridized carbons (Fsp3) is 0.300. The van der Waals surface area contributed by atoms with Crippen LogP contribution in [0.1, 0.15) is 30.3 Å². The van der Waals surface area contributed by atoms with Crippen LogP contribution in [0.5, 0.6) is 5.75 Å². The Kier molecular flexibility index (Phi) is 4.39. The van der Waals surface area contributed by atoms with Crippen molar-refractivity contribution in [3.63, 3.8) is 0 Å². The number of ether oxygens (including phenoxy) is 1. The summed E-state index contributed by atoms with van der Waals surface area (Å²) >= 11 is 0. The first kappa shape index (κ1) is 18.8. The smallest absolute Gasteiger partial charge is 0.437 e. The van der Waals surface area contributed by atoms with E-state index < -0.39 is 5.76 Å². The first-order valence-electron chi connectivity index (χ1n) is 9.63. The first-order valence-corrected chi connectivity index (χ1v) is 9.63. The minimum Gasteiger partial charge on any atom is -0.490 e. The lowest BCUT2D eigenvalue weighted by molar-refractivity contribution is 0.0616. The molecule has 3 aromatic heterocycles. The summed E-state index contributed by atoms with van der Waals surface area (Å²) in [6.07, 6.45) is 3.98. The van der Waals surface area contributed by atoms with Gasteiger partial charge in [-0.05, 0) is 18.2 Å². The predicted molar refractivity (Wildman–Crippen MR) is 106 cm³/mol. The van der Waals surface area contributed by atoms with Gasteiger partial charge >= 0.3 is 5.76 Å². The Bertz CT molecular complexity index is 1430. The Morgan fingerprint density at radius 3 is 2.87 bits per heavy atom. The molecular formula is C20H17N7O4. The van der Waals surface area contributed by atoms with E-state index in [1.54, 1.807) is 35.9 Å². The molecule has 3 heterocycles. The molecule has 11 heteroatoms. The molecule has 0 amide bonds. The molecule has 5 rings (SSSR count). The highest BCUT2D eigenvalue weighted by molar-refractivity contribution is 5.68. The van der Waals surface area contributed by atoms with Crippen LogP contribution in [0.3, 0.4) is 0 Å². The molecule has 31 heavy (non-hydrogen) atoms. The van der Waals surface area contributed by atoms with Crippen LogP contribution in [0.2, 0.25) is 0 Å². The Labute approximate surface area is 174 Å². The second-order valence-corrected chi connectivity index (χ2v) is 7.42. The molecule has 1 aliphatic rings. The van der Waals surface area contributed by atoms with Crippen molar-refractivity contribution in [2.75, 3.05) is 0 Å². The molecule has 1 fully saturated rings. The van der Waals surface area contributed by atoms with Crippen LogP contribution >= 0.6 is 0 Å². The molecule has 0 saturated heterocycles. The van der Waals surface area contributed by atoms with Gasteiger partial charge in [-0.2, -0.15) is 9.94 Å². The first-order chi connectivity index (χ1) is 15.0. The number of hydrogen-bond acceptors (Lipinski definition) is 8. The minimum absolute atomic E-state index is 0.0111. The maximum atomic E-state index is 12.6. The molecule has 0 N–H and O–H groups in total. The lowest BCUT2D eigenvalue weighted by atomic mass is 9.89. The Balaban J connectivity index is 1.28. The van der Waals surface area contributed by atoms with Crippen LogP contribution in [0.25, 0.3) is 11.2 Å². The van der Waals surface area contributed by atoms with E-state index in [9.17, 15) is 9.59 Å². The summed E-state index contributed by atoms with van der Waals surface area (Å²) in [7, 11) is 1.71. The molecule has 1 aliphatic carbocycles. The van der Waals surface area contributed by atoms with E-state index >= 15 is 0 Å². The average Bonchev–Trinajstić information content (AvgIpc) is 3.29. The van der Waals surface area contributed by atoms with Gasteiger partial charge in [0, 0.05) is 19.9 Å². The van der Waals surface area contributed by atoms with Gasteiger partial charge in [0.1, 0.15) is 24.7 Å². The SMILES string of the molecule is Cn1cnc2ncn(Cc3nn([C@H]4C[C@H](Oc5cccc(C#N)c5)C4)c(=O)o3)c(=O)c21. The van der Waals surface area contributed by atoms with E-state index in [1.165, 1.54) is 21.9 Å².